The average molecular weight is 547 g/mol. The topological polar surface area (TPSA) is 208 Å². The van der Waals surface area contributed by atoms with Crippen molar-refractivity contribution >= 4 is 5.97 Å². The van der Waals surface area contributed by atoms with Crippen LogP contribution >= 0.6 is 0 Å². The number of rotatable bonds is 11. The summed E-state index contributed by atoms with van der Waals surface area (Å²) in [6.07, 6.45) is -9.73. The predicted molar refractivity (Wildman–Crippen MR) is 117 cm³/mol. The molecule has 0 aromatic heterocycles. The molecular weight excluding hydrogens is 507 g/mol. The molecule has 2 heterocycles. The smallest absolute Gasteiger partial charge is 0.547 e. The molecule has 3 aliphatic rings. The molecule has 6 N–H and O–H groups in total. The van der Waals surface area contributed by atoms with E-state index < -0.39 is 80.1 Å². The van der Waals surface area contributed by atoms with Gasteiger partial charge in [-0.1, -0.05) is 32.1 Å². The van der Waals surface area contributed by atoms with Crippen LogP contribution in [0.1, 0.15) is 45.4 Å². The normalized spacial score (nSPS) is 40.1. The Morgan fingerprint density at radius 3 is 2.05 bits per heavy atom. The van der Waals surface area contributed by atoms with E-state index in [0.29, 0.717) is 0 Å². The average Bonchev–Trinajstić information content (AvgIpc) is 2.86. The molecule has 14 heteroatoms. The van der Waals surface area contributed by atoms with Gasteiger partial charge in [0, 0.05) is 0 Å². The maximum absolute atomic E-state index is 11.8. The quantitative estimate of drug-likeness (QED) is 0.105. The van der Waals surface area contributed by atoms with Gasteiger partial charge in [-0.25, -0.2) is 0 Å². The zero-order valence-corrected chi connectivity index (χ0v) is 23.3. The van der Waals surface area contributed by atoms with Crippen LogP contribution in [0.15, 0.2) is 0 Å². The largest absolute Gasteiger partial charge is 1.00 e. The third-order valence-corrected chi connectivity index (χ3v) is 7.13. The van der Waals surface area contributed by atoms with Gasteiger partial charge < -0.3 is 64.2 Å². The van der Waals surface area contributed by atoms with Gasteiger partial charge in [0.05, 0.1) is 38.0 Å². The Morgan fingerprint density at radius 1 is 0.892 bits per heavy atom. The number of carboxylic acid groups (broad SMARTS) is 1. The summed E-state index contributed by atoms with van der Waals surface area (Å²) in [5, 5.41) is 72.2. The maximum atomic E-state index is 11.8. The second-order valence-corrected chi connectivity index (χ2v) is 9.78. The van der Waals surface area contributed by atoms with Crippen molar-refractivity contribution in [2.45, 2.75) is 113 Å². The van der Waals surface area contributed by atoms with Crippen molar-refractivity contribution < 1.29 is 93.8 Å². The molecule has 2 saturated heterocycles. The van der Waals surface area contributed by atoms with E-state index in [1.165, 1.54) is 6.92 Å². The molecule has 3 rings (SSSR count). The Morgan fingerprint density at radius 2 is 1.49 bits per heavy atom. The van der Waals surface area contributed by atoms with Crippen LogP contribution in [0.25, 0.3) is 0 Å². The van der Waals surface area contributed by atoms with Crippen LogP contribution in [0, 0.1) is 5.92 Å². The van der Waals surface area contributed by atoms with Gasteiger partial charge >= 0.3 is 29.6 Å². The van der Waals surface area contributed by atoms with E-state index in [1.807, 2.05) is 0 Å². The van der Waals surface area contributed by atoms with Crippen molar-refractivity contribution in [2.75, 3.05) is 19.8 Å². The first kappa shape index (κ1) is 33.2. The van der Waals surface area contributed by atoms with Crippen LogP contribution in [-0.4, -0.2) is 124 Å². The van der Waals surface area contributed by atoms with Crippen LogP contribution in [0.4, 0.5) is 0 Å². The van der Waals surface area contributed by atoms with Crippen molar-refractivity contribution in [2.24, 2.45) is 5.92 Å². The SMILES string of the molecule is C[C@H]1O[C@H](OCCO[C@H]2O[C@H](CO)[C@H](O)[C@H](O[C@@H](CC3CCCCC3)C(=O)[O-])[C@@H]2O)[C@@H](O)[C@H](O)[C@H]1O.[Na+]. The van der Waals surface area contributed by atoms with Gasteiger partial charge in [0.25, 0.3) is 0 Å². The minimum atomic E-state index is -1.59. The first-order valence-electron chi connectivity index (χ1n) is 12.6. The van der Waals surface area contributed by atoms with E-state index in [9.17, 15) is 40.5 Å². The molecule has 1 aliphatic carbocycles. The second-order valence-electron chi connectivity index (χ2n) is 9.78. The van der Waals surface area contributed by atoms with Gasteiger partial charge in [-0.3, -0.25) is 0 Å². The minimum absolute atomic E-state index is 0. The zero-order valence-electron chi connectivity index (χ0n) is 21.3. The number of aliphatic hydroxyl groups excluding tert-OH is 6. The van der Waals surface area contributed by atoms with Crippen molar-refractivity contribution in [3.63, 3.8) is 0 Å². The summed E-state index contributed by atoms with van der Waals surface area (Å²) in [5.41, 5.74) is 0. The summed E-state index contributed by atoms with van der Waals surface area (Å²) in [6, 6.07) is 0. The van der Waals surface area contributed by atoms with E-state index in [1.54, 1.807) is 0 Å². The Hall–Kier alpha value is 0.0300. The Labute approximate surface area is 237 Å². The number of carboxylic acids is 1. The molecule has 0 aromatic carbocycles. The standard InChI is InChI=1S/C23H40O13.Na/c1-11-15(25)17(27)18(28)22(34-11)32-7-8-33-23-19(29)20(16(26)14(10-24)36-23)35-13(21(30)31)9-12-5-3-2-4-6-12;/h11-20,22-29H,2-10H2,1H3,(H,30,31);/q;+1/p-1/t11-,13+,14-,15+,16+,17-,18+,19+,20+,22+,23+;/m1./s1. The second kappa shape index (κ2) is 15.7. The molecule has 0 bridgehead atoms. The van der Waals surface area contributed by atoms with Crippen LogP contribution in [-0.2, 0) is 28.5 Å². The first-order valence-corrected chi connectivity index (χ1v) is 12.6. The number of aliphatic carboxylic acids is 1. The summed E-state index contributed by atoms with van der Waals surface area (Å²) in [7, 11) is 0. The molecule has 0 radical (unpaired) electrons. The van der Waals surface area contributed by atoms with Gasteiger partial charge in [-0.2, -0.15) is 0 Å². The molecule has 0 amide bonds. The Balaban J connectivity index is 0.00000481. The zero-order chi connectivity index (χ0) is 26.4. The number of carbonyl (C=O) groups excluding carboxylic acids is 1. The third-order valence-electron chi connectivity index (χ3n) is 7.13. The molecule has 3 fully saturated rings. The fourth-order valence-electron chi connectivity index (χ4n) is 4.95. The Kier molecular flexibility index (Phi) is 14.1. The van der Waals surface area contributed by atoms with Gasteiger partial charge in [-0.15, -0.1) is 0 Å². The molecule has 1 saturated carbocycles. The van der Waals surface area contributed by atoms with Crippen molar-refractivity contribution in [3.05, 3.63) is 0 Å². The van der Waals surface area contributed by atoms with Crippen LogP contribution in [0.5, 0.6) is 0 Å². The van der Waals surface area contributed by atoms with E-state index in [4.69, 9.17) is 23.7 Å². The molecular formula is C23H39NaO13. The van der Waals surface area contributed by atoms with Crippen molar-refractivity contribution in [1.82, 2.24) is 0 Å². The van der Waals surface area contributed by atoms with Crippen molar-refractivity contribution in [1.29, 1.82) is 0 Å². The minimum Gasteiger partial charge on any atom is -0.547 e. The van der Waals surface area contributed by atoms with Crippen molar-refractivity contribution in [3.8, 4) is 0 Å². The monoisotopic (exact) mass is 546 g/mol. The number of hydrogen-bond acceptors (Lipinski definition) is 13. The summed E-state index contributed by atoms with van der Waals surface area (Å²) < 4.78 is 27.2. The molecule has 13 nitrogen and oxygen atoms in total. The van der Waals surface area contributed by atoms with Gasteiger partial charge in [-0.05, 0) is 19.3 Å². The predicted octanol–water partition coefficient (Wildman–Crippen LogP) is -6.24. The molecule has 0 unspecified atom stereocenters. The summed E-state index contributed by atoms with van der Waals surface area (Å²) in [4.78, 5) is 11.8. The maximum Gasteiger partial charge on any atom is 1.00 e. The number of carbonyl (C=O) groups is 1. The van der Waals surface area contributed by atoms with Crippen LogP contribution < -0.4 is 34.7 Å². The summed E-state index contributed by atoms with van der Waals surface area (Å²) >= 11 is 0. The summed E-state index contributed by atoms with van der Waals surface area (Å²) in [6.45, 7) is 0.496. The van der Waals surface area contributed by atoms with Gasteiger partial charge in [0.2, 0.25) is 0 Å². The van der Waals surface area contributed by atoms with Crippen LogP contribution in [0.2, 0.25) is 0 Å². The van der Waals surface area contributed by atoms with Gasteiger partial charge in [0.1, 0.15) is 42.7 Å². The molecule has 2 aliphatic heterocycles. The first-order chi connectivity index (χ1) is 17.1. The molecule has 210 valence electrons. The molecule has 37 heavy (non-hydrogen) atoms. The molecule has 0 aromatic rings. The van der Waals surface area contributed by atoms with E-state index >= 15 is 0 Å². The van der Waals surface area contributed by atoms with E-state index in [0.717, 1.165) is 32.1 Å². The van der Waals surface area contributed by atoms with E-state index in [2.05, 4.69) is 0 Å². The number of aliphatic hydroxyl groups is 6. The molecule has 11 atom stereocenters. The van der Waals surface area contributed by atoms with Crippen LogP contribution in [0.3, 0.4) is 0 Å². The molecule has 0 spiro atoms. The fourth-order valence-corrected chi connectivity index (χ4v) is 4.95. The van der Waals surface area contributed by atoms with Gasteiger partial charge in [0.15, 0.2) is 12.6 Å². The number of ether oxygens (including phenoxy) is 5. The number of hydrogen-bond donors (Lipinski definition) is 6. The Bertz CT molecular complexity index is 681. The summed E-state index contributed by atoms with van der Waals surface area (Å²) in [5.74, 6) is -1.32. The van der Waals surface area contributed by atoms with E-state index in [-0.39, 0.29) is 55.1 Å². The third kappa shape index (κ3) is 8.76. The fraction of sp³-hybridized carbons (Fsp3) is 0.957.